The van der Waals surface area contributed by atoms with Crippen LogP contribution in [0.2, 0.25) is 0 Å². The van der Waals surface area contributed by atoms with Crippen molar-refractivity contribution in [1.82, 2.24) is 18.3 Å². The first-order valence-electron chi connectivity index (χ1n) is 46.4. The number of fused-ring (bicyclic) bond motifs is 16. The lowest BCUT2D eigenvalue weighted by molar-refractivity contribution is 0.569. The molecule has 19 aromatic rings. The Morgan fingerprint density at radius 3 is 1.21 bits per heavy atom. The zero-order chi connectivity index (χ0) is 91.6. The van der Waals surface area contributed by atoms with E-state index >= 15 is 0 Å². The van der Waals surface area contributed by atoms with Crippen molar-refractivity contribution in [3.63, 3.8) is 0 Å². The summed E-state index contributed by atoms with van der Waals surface area (Å²) < 4.78 is 208. The van der Waals surface area contributed by atoms with Gasteiger partial charge in [0, 0.05) is 88.5 Å². The van der Waals surface area contributed by atoms with Gasteiger partial charge in [0.2, 0.25) is 0 Å². The van der Waals surface area contributed by atoms with E-state index in [0.29, 0.717) is 55.7 Å². The predicted molar refractivity (Wildman–Crippen MR) is 456 cm³/mol. The molecule has 8 nitrogen and oxygen atoms in total. The molecule has 109 heavy (non-hydrogen) atoms. The Morgan fingerprint density at radius 1 is 0.303 bits per heavy atom. The highest BCUT2D eigenvalue weighted by atomic mass is 15.2. The molecule has 0 aliphatic carbocycles. The van der Waals surface area contributed by atoms with Gasteiger partial charge in [-0.25, -0.2) is 0 Å². The average molecular weight is 1420 g/mol. The highest BCUT2D eigenvalue weighted by Crippen LogP contribution is 2.51. The topological polar surface area (TPSA) is 73.8 Å². The summed E-state index contributed by atoms with van der Waals surface area (Å²) in [5.41, 5.74) is 8.21. The molecule has 4 aromatic heterocycles. The minimum absolute atomic E-state index is 0.0113. The van der Waals surface area contributed by atoms with E-state index in [4.69, 9.17) is 4.11 Å². The second kappa shape index (κ2) is 23.8. The molecule has 0 spiro atoms. The van der Waals surface area contributed by atoms with Gasteiger partial charge in [-0.3, -0.25) is 0 Å². The molecular weight excluding hydrogens is 1320 g/mol. The molecule has 514 valence electrons. The van der Waals surface area contributed by atoms with Crippen LogP contribution in [0.25, 0.3) is 132 Å². The van der Waals surface area contributed by atoms with Crippen LogP contribution in [0, 0.1) is 22.7 Å². The van der Waals surface area contributed by atoms with Crippen LogP contribution in [0.15, 0.2) is 321 Å². The van der Waals surface area contributed by atoms with Crippen molar-refractivity contribution in [3.8, 4) is 57.1 Å². The summed E-state index contributed by atoms with van der Waals surface area (Å²) in [6.07, 6.45) is 0. The Hall–Kier alpha value is -13.9. The van der Waals surface area contributed by atoms with Crippen LogP contribution in [-0.4, -0.2) is 25.0 Å². The average Bonchev–Trinajstić information content (AvgIpc) is 0.899. The van der Waals surface area contributed by atoms with E-state index in [9.17, 15) is 35.2 Å². The number of aromatic nitrogens is 4. The molecule has 6 heterocycles. The Bertz CT molecular complexity index is 8230. The molecule has 9 heteroatoms. The van der Waals surface area contributed by atoms with Crippen molar-refractivity contribution < 1.29 is 28.8 Å². The monoisotopic (exact) mass is 1420 g/mol. The second-order valence-electron chi connectivity index (χ2n) is 29.9. The van der Waals surface area contributed by atoms with Crippen molar-refractivity contribution >= 4 is 144 Å². The van der Waals surface area contributed by atoms with Gasteiger partial charge < -0.3 is 28.1 Å². The van der Waals surface area contributed by atoms with Gasteiger partial charge in [0.15, 0.2) is 0 Å². The van der Waals surface area contributed by atoms with Crippen molar-refractivity contribution in [2.24, 2.45) is 0 Å². The molecule has 0 amide bonds. The first kappa shape index (κ1) is 45.5. The Labute approximate surface area is 661 Å². The summed E-state index contributed by atoms with van der Waals surface area (Å²) in [7, 11) is 0. The number of para-hydroxylation sites is 8. The fourth-order valence-electron chi connectivity index (χ4n) is 16.9. The summed E-state index contributed by atoms with van der Waals surface area (Å²) in [5.74, 6) is 0. The fourth-order valence-corrected chi connectivity index (χ4v) is 16.9. The number of hydrogen-bond acceptors (Lipinski definition) is 4. The van der Waals surface area contributed by atoms with E-state index in [2.05, 4.69) is 71.9 Å². The maximum Gasteiger partial charge on any atom is 0.252 e. The molecule has 2 aliphatic rings. The maximum absolute atomic E-state index is 12.3. The molecule has 2 aliphatic heterocycles. The van der Waals surface area contributed by atoms with Crippen LogP contribution >= 0.6 is 0 Å². The molecule has 0 atom stereocenters. The van der Waals surface area contributed by atoms with E-state index in [1.807, 2.05) is 152 Å². The molecule has 0 radical (unpaired) electrons. The van der Waals surface area contributed by atoms with E-state index < -0.39 is 144 Å². The van der Waals surface area contributed by atoms with E-state index in [1.54, 1.807) is 42.5 Å². The predicted octanol–water partition coefficient (Wildman–Crippen LogP) is 23.8. The third kappa shape index (κ3) is 9.56. The zero-order valence-corrected chi connectivity index (χ0v) is 59.6. The smallest absolute Gasteiger partial charge is 0.252 e. The minimum atomic E-state index is -1.02. The van der Waals surface area contributed by atoms with E-state index in [0.717, 1.165) is 49.3 Å². The molecule has 0 unspecified atom stereocenters. The number of benzene rings is 15. The first-order chi connectivity index (χ1) is 62.0. The highest BCUT2D eigenvalue weighted by Gasteiger charge is 2.45. The molecular formula is C100H71BN8. The van der Waals surface area contributed by atoms with Crippen molar-refractivity contribution in [2.45, 2.75) is 52.4 Å². The van der Waals surface area contributed by atoms with E-state index in [1.165, 1.54) is 9.13 Å². The summed E-state index contributed by atoms with van der Waals surface area (Å²) >= 11 is 0. The quantitative estimate of drug-likeness (QED) is 0.142. The normalized spacial score (nSPS) is 15.5. The largest absolute Gasteiger partial charge is 0.311 e. The highest BCUT2D eigenvalue weighted by molar-refractivity contribution is 7.00. The Balaban J connectivity index is 0.999. The van der Waals surface area contributed by atoms with Gasteiger partial charge in [0.25, 0.3) is 6.71 Å². The molecule has 0 saturated carbocycles. The van der Waals surface area contributed by atoms with Gasteiger partial charge in [0.1, 0.15) is 12.1 Å². The standard InChI is InChI=1S/C100H71BN8/c1-99(2,3)66-50-65(51-67(53-66)100(4,5)6)63-45-48-82-94(52-63)107(70-54-80(62-26-8-7-9-27-62)81(61-103)93(57-70)109-90-42-24-16-34-78(90)79-35-17-25-43-91(79)109)97-59-71(106-86-38-20-12-30-74(86)75-31-13-21-39-87(75)106)58-96-98(97)101(82)83-49-47-69(104-84-36-18-10-28-72(84)73-29-11-19-37-85(73)104)56-95(83)105(96)68-46-44-64(60-102)92(55-68)108-88-40-22-14-32-76(88)77-33-15-23-41-89(77)108/h7-59H,1-6H3/i7D,8D,9D,10D,11D,12D,13D,18D,19D,20D,21D,26D,27D,28D,29D,30D,31D,36D,37D,38D,39D. The van der Waals surface area contributed by atoms with Gasteiger partial charge in [-0.05, 0) is 164 Å². The first-order valence-corrected chi connectivity index (χ1v) is 35.9. The molecule has 21 rings (SSSR count). The van der Waals surface area contributed by atoms with Gasteiger partial charge in [-0.15, -0.1) is 0 Å². The lowest BCUT2D eigenvalue weighted by Gasteiger charge is -2.45. The van der Waals surface area contributed by atoms with Crippen LogP contribution in [0.1, 0.15) is 92.6 Å². The number of hydrogen-bond donors (Lipinski definition) is 0. The van der Waals surface area contributed by atoms with Crippen molar-refractivity contribution in [3.05, 3.63) is 343 Å². The minimum Gasteiger partial charge on any atom is -0.311 e. The third-order valence-electron chi connectivity index (χ3n) is 21.9. The van der Waals surface area contributed by atoms with Crippen molar-refractivity contribution in [1.29, 1.82) is 10.5 Å². The van der Waals surface area contributed by atoms with Crippen molar-refractivity contribution in [2.75, 3.05) is 9.80 Å². The summed E-state index contributed by atoms with van der Waals surface area (Å²) in [4.78, 5) is 3.85. The summed E-state index contributed by atoms with van der Waals surface area (Å²) in [5, 5.41) is 26.3. The lowest BCUT2D eigenvalue weighted by Crippen LogP contribution is -2.61. The second-order valence-corrected chi connectivity index (χ2v) is 29.9. The molecule has 0 saturated heterocycles. The third-order valence-corrected chi connectivity index (χ3v) is 21.9. The zero-order valence-electron chi connectivity index (χ0n) is 80.6. The molecule has 0 fully saturated rings. The van der Waals surface area contributed by atoms with Crippen LogP contribution in [-0.2, 0) is 10.8 Å². The van der Waals surface area contributed by atoms with Crippen LogP contribution in [0.4, 0.5) is 34.1 Å². The molecule has 0 N–H and O–H groups in total. The van der Waals surface area contributed by atoms with Gasteiger partial charge in [-0.2, -0.15) is 10.5 Å². The fraction of sp³-hybridized carbons (Fsp3) is 0.0800. The van der Waals surface area contributed by atoms with Crippen LogP contribution in [0.3, 0.4) is 0 Å². The number of nitriles is 2. The number of anilines is 6. The lowest BCUT2D eigenvalue weighted by atomic mass is 9.33. The van der Waals surface area contributed by atoms with Crippen LogP contribution < -0.4 is 26.2 Å². The Kier molecular flexibility index (Phi) is 9.95. The summed E-state index contributed by atoms with van der Waals surface area (Å²) in [6, 6.07) is 52.3. The van der Waals surface area contributed by atoms with E-state index in [-0.39, 0.29) is 100.0 Å². The summed E-state index contributed by atoms with van der Waals surface area (Å²) in [6.45, 7) is 11.8. The number of rotatable bonds is 8. The number of nitrogens with zero attached hydrogens (tertiary/aromatic N) is 8. The van der Waals surface area contributed by atoms with Gasteiger partial charge >= 0.3 is 0 Å². The van der Waals surface area contributed by atoms with Gasteiger partial charge in [0.05, 0.1) is 101 Å². The van der Waals surface area contributed by atoms with Crippen LogP contribution in [0.5, 0.6) is 0 Å². The van der Waals surface area contributed by atoms with Gasteiger partial charge in [-0.1, -0.05) is 253 Å². The Morgan fingerprint density at radius 2 is 0.716 bits per heavy atom. The molecule has 0 bridgehead atoms. The molecule has 15 aromatic carbocycles. The maximum atomic E-state index is 12.3. The SMILES string of the molecule is [2H]c1c([2H])c([2H])c(-c2cc(N3c4cc(-c5cc(C(C)(C)C)cc(C(C)(C)C)c5)ccc4B4c5ccc(-n6c7c([2H])c([2H])c([2H])c([2H])c7c7c([2H])c([2H])c([2H])c([2H])c76)cc5N(c5ccc(C#N)c(-n6c7ccccc7c7ccccc76)c5)c5cc(-n6c7c([2H])c([2H])c([2H])c([2H])c7c7c([2H])c([2H])c([2H])c([2H])c76)cc3c54)cc(-n3c4ccccc4c4ccccc43)c2C#N)c([2H])c1[2H].